The topological polar surface area (TPSA) is 61.3 Å². The maximum absolute atomic E-state index is 11.2. The molecule has 0 fully saturated rings. The largest absolute Gasteiger partial charge is 0.469 e. The minimum Gasteiger partial charge on any atom is -0.469 e. The van der Waals surface area contributed by atoms with E-state index in [1.807, 2.05) is 6.92 Å². The SMILES string of the molecule is CCCCCCCCCCCCC(C)C(=O)OC.N. The van der Waals surface area contributed by atoms with Gasteiger partial charge >= 0.3 is 5.97 Å². The highest BCUT2D eigenvalue weighted by molar-refractivity contribution is 5.71. The Kier molecular flexibility index (Phi) is 16.9. The lowest BCUT2D eigenvalue weighted by Gasteiger charge is -2.08. The van der Waals surface area contributed by atoms with Gasteiger partial charge in [-0.15, -0.1) is 0 Å². The van der Waals surface area contributed by atoms with Gasteiger partial charge in [0.2, 0.25) is 0 Å². The van der Waals surface area contributed by atoms with Crippen LogP contribution in [0.2, 0.25) is 0 Å². The van der Waals surface area contributed by atoms with Crippen molar-refractivity contribution in [1.29, 1.82) is 0 Å². The highest BCUT2D eigenvalue weighted by atomic mass is 16.5. The van der Waals surface area contributed by atoms with Crippen LogP contribution in [0.3, 0.4) is 0 Å². The van der Waals surface area contributed by atoms with Gasteiger partial charge in [-0.05, 0) is 6.42 Å². The fourth-order valence-corrected chi connectivity index (χ4v) is 2.26. The summed E-state index contributed by atoms with van der Waals surface area (Å²) in [4.78, 5) is 11.2. The van der Waals surface area contributed by atoms with Crippen LogP contribution in [0.25, 0.3) is 0 Å². The van der Waals surface area contributed by atoms with Crippen LogP contribution in [0.15, 0.2) is 0 Å². The van der Waals surface area contributed by atoms with Gasteiger partial charge < -0.3 is 10.9 Å². The molecule has 3 nitrogen and oxygen atoms in total. The van der Waals surface area contributed by atoms with Crippen LogP contribution in [0.1, 0.15) is 84.5 Å². The third kappa shape index (κ3) is 13.7. The number of hydrogen-bond acceptors (Lipinski definition) is 3. The van der Waals surface area contributed by atoms with Crippen LogP contribution in [0, 0.1) is 5.92 Å². The van der Waals surface area contributed by atoms with E-state index in [0.717, 1.165) is 12.8 Å². The van der Waals surface area contributed by atoms with Crippen LogP contribution in [-0.4, -0.2) is 13.1 Å². The van der Waals surface area contributed by atoms with E-state index in [1.54, 1.807) is 0 Å². The fourth-order valence-electron chi connectivity index (χ4n) is 2.26. The molecule has 3 heteroatoms. The minimum absolute atomic E-state index is 0. The molecule has 0 aliphatic carbocycles. The molecule has 0 spiro atoms. The van der Waals surface area contributed by atoms with Crippen LogP contribution in [0.5, 0.6) is 0 Å². The van der Waals surface area contributed by atoms with Crippen molar-refractivity contribution in [2.24, 2.45) is 5.92 Å². The highest BCUT2D eigenvalue weighted by Gasteiger charge is 2.11. The standard InChI is InChI=1S/C16H32O2.H3N/c1-4-5-6-7-8-9-10-11-12-13-14-15(2)16(17)18-3;/h15H,4-14H2,1-3H3;1H3. The normalized spacial score (nSPS) is 11.7. The van der Waals surface area contributed by atoms with Gasteiger partial charge in [-0.25, -0.2) is 0 Å². The molecular formula is C16H35NO2. The molecule has 1 unspecified atom stereocenters. The Morgan fingerprint density at radius 3 is 1.74 bits per heavy atom. The molecule has 0 bridgehead atoms. The predicted octanol–water partition coefficient (Wildman–Crippen LogP) is 5.27. The summed E-state index contributed by atoms with van der Waals surface area (Å²) in [6.07, 6.45) is 14.4. The second-order valence-corrected chi connectivity index (χ2v) is 5.39. The average Bonchev–Trinajstić information content (AvgIpc) is 2.39. The summed E-state index contributed by atoms with van der Waals surface area (Å²) in [6, 6.07) is 0. The number of carbonyl (C=O) groups excluding carboxylic acids is 1. The summed E-state index contributed by atoms with van der Waals surface area (Å²) < 4.78 is 4.72. The van der Waals surface area contributed by atoms with Crippen LogP contribution >= 0.6 is 0 Å². The van der Waals surface area contributed by atoms with Gasteiger partial charge in [-0.2, -0.15) is 0 Å². The van der Waals surface area contributed by atoms with Crippen LogP contribution < -0.4 is 6.15 Å². The predicted molar refractivity (Wildman–Crippen MR) is 82.7 cm³/mol. The van der Waals surface area contributed by atoms with Crippen LogP contribution in [-0.2, 0) is 9.53 Å². The fraction of sp³-hybridized carbons (Fsp3) is 0.938. The first kappa shape index (κ1) is 20.7. The second-order valence-electron chi connectivity index (χ2n) is 5.39. The van der Waals surface area contributed by atoms with Crippen molar-refractivity contribution < 1.29 is 9.53 Å². The Hall–Kier alpha value is -0.570. The summed E-state index contributed by atoms with van der Waals surface area (Å²) in [5, 5.41) is 0. The average molecular weight is 273 g/mol. The molecule has 0 amide bonds. The molecule has 0 heterocycles. The second kappa shape index (κ2) is 15.5. The Labute approximate surface area is 120 Å². The molecule has 0 saturated heterocycles. The molecular weight excluding hydrogens is 238 g/mol. The zero-order valence-corrected chi connectivity index (χ0v) is 13.4. The number of ether oxygens (including phenoxy) is 1. The first-order valence-electron chi connectivity index (χ1n) is 7.80. The first-order chi connectivity index (χ1) is 8.72. The van der Waals surface area contributed by atoms with Gasteiger partial charge in [0.1, 0.15) is 0 Å². The molecule has 0 saturated carbocycles. The molecule has 3 N–H and O–H groups in total. The van der Waals surface area contributed by atoms with E-state index in [9.17, 15) is 4.79 Å². The monoisotopic (exact) mass is 273 g/mol. The third-order valence-electron chi connectivity index (χ3n) is 3.59. The Balaban J connectivity index is 0. The molecule has 116 valence electrons. The van der Waals surface area contributed by atoms with Crippen molar-refractivity contribution in [3.05, 3.63) is 0 Å². The Morgan fingerprint density at radius 2 is 1.32 bits per heavy atom. The summed E-state index contributed by atoms with van der Waals surface area (Å²) in [7, 11) is 1.47. The zero-order chi connectivity index (χ0) is 13.6. The van der Waals surface area contributed by atoms with Gasteiger partial charge in [0.15, 0.2) is 0 Å². The van der Waals surface area contributed by atoms with E-state index in [4.69, 9.17) is 4.74 Å². The molecule has 0 aromatic carbocycles. The molecule has 0 aromatic rings. The summed E-state index contributed by atoms with van der Waals surface area (Å²) in [6.45, 7) is 4.22. The lowest BCUT2D eigenvalue weighted by Crippen LogP contribution is -2.12. The summed E-state index contributed by atoms with van der Waals surface area (Å²) >= 11 is 0. The van der Waals surface area contributed by atoms with Gasteiger partial charge in [-0.1, -0.05) is 78.1 Å². The van der Waals surface area contributed by atoms with Gasteiger partial charge in [0.25, 0.3) is 0 Å². The van der Waals surface area contributed by atoms with Gasteiger partial charge in [0, 0.05) is 0 Å². The molecule has 0 aliphatic heterocycles. The lowest BCUT2D eigenvalue weighted by atomic mass is 10.0. The molecule has 0 radical (unpaired) electrons. The van der Waals surface area contributed by atoms with E-state index < -0.39 is 0 Å². The summed E-state index contributed by atoms with van der Waals surface area (Å²) in [5.74, 6) is 0.00923. The van der Waals surface area contributed by atoms with E-state index in [1.165, 1.54) is 64.9 Å². The zero-order valence-electron chi connectivity index (χ0n) is 13.4. The van der Waals surface area contributed by atoms with Crippen molar-refractivity contribution in [3.63, 3.8) is 0 Å². The van der Waals surface area contributed by atoms with E-state index >= 15 is 0 Å². The number of hydrogen-bond donors (Lipinski definition) is 1. The third-order valence-corrected chi connectivity index (χ3v) is 3.59. The highest BCUT2D eigenvalue weighted by Crippen LogP contribution is 2.14. The van der Waals surface area contributed by atoms with E-state index in [-0.39, 0.29) is 18.0 Å². The van der Waals surface area contributed by atoms with Gasteiger partial charge in [-0.3, -0.25) is 4.79 Å². The lowest BCUT2D eigenvalue weighted by molar-refractivity contribution is -0.145. The van der Waals surface area contributed by atoms with Gasteiger partial charge in [0.05, 0.1) is 13.0 Å². The smallest absolute Gasteiger partial charge is 0.308 e. The Morgan fingerprint density at radius 1 is 0.895 bits per heavy atom. The molecule has 1 atom stereocenters. The number of methoxy groups -OCH3 is 1. The maximum Gasteiger partial charge on any atom is 0.308 e. The molecule has 19 heavy (non-hydrogen) atoms. The maximum atomic E-state index is 11.2. The van der Waals surface area contributed by atoms with Crippen molar-refractivity contribution in [3.8, 4) is 0 Å². The number of rotatable bonds is 12. The molecule has 0 rings (SSSR count). The van der Waals surface area contributed by atoms with Crippen LogP contribution in [0.4, 0.5) is 0 Å². The van der Waals surface area contributed by atoms with Crippen molar-refractivity contribution in [1.82, 2.24) is 6.15 Å². The number of carbonyl (C=O) groups is 1. The van der Waals surface area contributed by atoms with Crippen molar-refractivity contribution >= 4 is 5.97 Å². The molecule has 0 aromatic heterocycles. The minimum atomic E-state index is -0.0640. The number of unbranched alkanes of at least 4 members (excludes halogenated alkanes) is 9. The van der Waals surface area contributed by atoms with E-state index in [0.29, 0.717) is 0 Å². The van der Waals surface area contributed by atoms with Crippen molar-refractivity contribution in [2.75, 3.05) is 7.11 Å². The Bertz CT molecular complexity index is 195. The quantitative estimate of drug-likeness (QED) is 0.389. The molecule has 0 aliphatic rings. The summed E-state index contributed by atoms with van der Waals surface area (Å²) in [5.41, 5.74) is 0. The van der Waals surface area contributed by atoms with E-state index in [2.05, 4.69) is 6.92 Å². The van der Waals surface area contributed by atoms with Crippen molar-refractivity contribution in [2.45, 2.75) is 84.5 Å². The first-order valence-corrected chi connectivity index (χ1v) is 7.80. The number of esters is 1.